The Hall–Kier alpha value is -1.81. The van der Waals surface area contributed by atoms with Gasteiger partial charge in [0.15, 0.2) is 0 Å². The van der Waals surface area contributed by atoms with Crippen LogP contribution in [0.15, 0.2) is 47.3 Å². The van der Waals surface area contributed by atoms with Crippen LogP contribution in [0.25, 0.3) is 0 Å². The number of hydrogen-bond donors (Lipinski definition) is 2. The molecular weight excluding hydrogens is 467 g/mol. The summed E-state index contributed by atoms with van der Waals surface area (Å²) in [6.07, 6.45) is 0.0280. The molecule has 1 aromatic heterocycles. The summed E-state index contributed by atoms with van der Waals surface area (Å²) in [7, 11) is 0. The largest absolute Gasteiger partial charge is 0.733 e. The number of hydrogen-bond acceptors (Lipinski definition) is 6. The number of nitrogens with zero attached hydrogens (tertiary/aromatic N) is 3. The maximum Gasteiger partial charge on any atom is 0.252 e. The monoisotopic (exact) mass is 485 g/mol. The molecule has 4 rings (SSSR count). The Morgan fingerprint density at radius 3 is 2.52 bits per heavy atom. The van der Waals surface area contributed by atoms with Gasteiger partial charge in [-0.2, -0.15) is 0 Å². The van der Waals surface area contributed by atoms with E-state index < -0.39 is 15.9 Å². The summed E-state index contributed by atoms with van der Waals surface area (Å²) in [6.45, 7) is 1.66. The van der Waals surface area contributed by atoms with Gasteiger partial charge in [-0.25, -0.2) is 0 Å². The van der Waals surface area contributed by atoms with E-state index in [1.165, 1.54) is 24.3 Å². The Morgan fingerprint density at radius 1 is 1.16 bits per heavy atom. The van der Waals surface area contributed by atoms with E-state index in [2.05, 4.69) is 5.32 Å². The van der Waals surface area contributed by atoms with Gasteiger partial charge in [-0.1, -0.05) is 40.9 Å². The second-order valence-corrected chi connectivity index (χ2v) is 10.3. The maximum atomic E-state index is 12.8. The van der Waals surface area contributed by atoms with E-state index in [0.29, 0.717) is 19.6 Å². The van der Waals surface area contributed by atoms with E-state index in [4.69, 9.17) is 40.0 Å². The van der Waals surface area contributed by atoms with Gasteiger partial charge in [0.25, 0.3) is 11.5 Å². The van der Waals surface area contributed by atoms with Crippen molar-refractivity contribution >= 4 is 46.4 Å². The van der Waals surface area contributed by atoms with Gasteiger partial charge in [0, 0.05) is 42.9 Å². The zero-order valence-electron chi connectivity index (χ0n) is 16.2. The first kappa shape index (κ1) is 22.4. The second-order valence-electron chi connectivity index (χ2n) is 7.89. The molecule has 0 aliphatic carbocycles. The van der Waals surface area contributed by atoms with Gasteiger partial charge in [-0.15, -0.1) is 0 Å². The van der Waals surface area contributed by atoms with E-state index in [1.54, 1.807) is 16.7 Å². The third kappa shape index (κ3) is 4.69. The van der Waals surface area contributed by atoms with Crippen molar-refractivity contribution < 1.29 is 10.0 Å². The summed E-state index contributed by atoms with van der Waals surface area (Å²) < 4.78 is 0.00955. The number of pyridine rings is 1. The summed E-state index contributed by atoms with van der Waals surface area (Å²) in [6, 6.07) is 10.7. The van der Waals surface area contributed by atoms with E-state index in [1.807, 2.05) is 11.0 Å². The third-order valence-corrected chi connectivity index (χ3v) is 6.42. The van der Waals surface area contributed by atoms with Crippen molar-refractivity contribution in [3.05, 3.63) is 69.3 Å². The molecule has 1 amide bonds. The summed E-state index contributed by atoms with van der Waals surface area (Å²) in [5.41, 5.74) is 1.17. The fourth-order valence-corrected chi connectivity index (χ4v) is 5.05. The van der Waals surface area contributed by atoms with Crippen LogP contribution < -0.4 is 16.1 Å². The molecule has 2 aliphatic heterocycles. The van der Waals surface area contributed by atoms with Crippen LogP contribution in [0.2, 0.25) is 0 Å². The minimum absolute atomic E-state index is 0.00718. The summed E-state index contributed by atoms with van der Waals surface area (Å²) >= 11 is 18.8. The van der Waals surface area contributed by atoms with Gasteiger partial charge in [0.1, 0.15) is 6.17 Å². The van der Waals surface area contributed by atoms with E-state index in [9.17, 15) is 14.8 Å². The number of anilines is 1. The number of carbonyl (C=O) groups is 1. The van der Waals surface area contributed by atoms with Crippen LogP contribution in [0.5, 0.6) is 0 Å². The third-order valence-electron chi connectivity index (χ3n) is 5.80. The minimum Gasteiger partial charge on any atom is -0.733 e. The molecule has 11 heteroatoms. The summed E-state index contributed by atoms with van der Waals surface area (Å²) in [5, 5.41) is 22.4. The molecule has 0 radical (unpaired) electrons. The standard InChI is InChI=1S/C20H20Cl3N4O4/c21-20(22,23)19(24-18(29)13-4-6-15(7-5-13)27(30)31)25-9-12-8-14(11-25)16-2-1-3-17(28)26(16)10-12/h1-7,12,14,19,30H,8-11H2,(H,24,29)/q-1. The van der Waals surface area contributed by atoms with Crippen molar-refractivity contribution in [2.24, 2.45) is 5.92 Å². The maximum absolute atomic E-state index is 12.8. The molecule has 2 N–H and O–H groups in total. The molecule has 8 nitrogen and oxygen atoms in total. The lowest BCUT2D eigenvalue weighted by molar-refractivity contribution is 0.0586. The fourth-order valence-electron chi connectivity index (χ4n) is 4.47. The molecular formula is C20H20Cl3N4O4-. The lowest BCUT2D eigenvalue weighted by Crippen LogP contribution is -2.60. The molecule has 3 heterocycles. The van der Waals surface area contributed by atoms with Gasteiger partial charge in [0.2, 0.25) is 3.79 Å². The van der Waals surface area contributed by atoms with Gasteiger partial charge < -0.3 is 20.3 Å². The first-order chi connectivity index (χ1) is 14.6. The second kappa shape index (κ2) is 8.61. The fraction of sp³-hybridized carbons (Fsp3) is 0.400. The molecule has 2 bridgehead atoms. The SMILES string of the molecule is O=C(NC(N1CC2CC(C1)c1cccc(=O)n1C2)C(Cl)(Cl)Cl)c1ccc(N([O-])O)cc1. The number of nitrogens with one attached hydrogen (secondary N) is 1. The highest BCUT2D eigenvalue weighted by Crippen LogP contribution is 2.40. The Balaban J connectivity index is 1.55. The smallest absolute Gasteiger partial charge is 0.252 e. The number of fused-ring (bicyclic) bond motifs is 4. The zero-order valence-corrected chi connectivity index (χ0v) is 18.5. The molecule has 3 atom stereocenters. The van der Waals surface area contributed by atoms with Crippen molar-refractivity contribution in [3.63, 3.8) is 0 Å². The molecule has 0 saturated carbocycles. The predicted octanol–water partition coefficient (Wildman–Crippen LogP) is 3.09. The van der Waals surface area contributed by atoms with Crippen LogP contribution in [0.1, 0.15) is 28.4 Å². The topological polar surface area (TPSA) is 101 Å². The van der Waals surface area contributed by atoms with E-state index >= 15 is 0 Å². The first-order valence-electron chi connectivity index (χ1n) is 9.71. The van der Waals surface area contributed by atoms with Crippen LogP contribution in [0.3, 0.4) is 0 Å². The van der Waals surface area contributed by atoms with Crippen molar-refractivity contribution in [1.29, 1.82) is 0 Å². The molecule has 1 saturated heterocycles. The number of piperidine rings is 1. The Labute approximate surface area is 193 Å². The molecule has 1 fully saturated rings. The van der Waals surface area contributed by atoms with E-state index in [-0.39, 0.29) is 33.9 Å². The molecule has 3 unspecified atom stereocenters. The van der Waals surface area contributed by atoms with Crippen molar-refractivity contribution in [2.45, 2.75) is 28.8 Å². The van der Waals surface area contributed by atoms with Crippen molar-refractivity contribution in [1.82, 2.24) is 14.8 Å². The summed E-state index contributed by atoms with van der Waals surface area (Å²) in [4.78, 5) is 27.0. The van der Waals surface area contributed by atoms with Gasteiger partial charge in [0.05, 0.1) is 5.69 Å². The molecule has 0 spiro atoms. The van der Waals surface area contributed by atoms with Crippen LogP contribution in [0, 0.1) is 11.1 Å². The van der Waals surface area contributed by atoms with Gasteiger partial charge >= 0.3 is 0 Å². The quantitative estimate of drug-likeness (QED) is 0.509. The van der Waals surface area contributed by atoms with Gasteiger partial charge in [-0.3, -0.25) is 19.7 Å². The number of alkyl halides is 3. The summed E-state index contributed by atoms with van der Waals surface area (Å²) in [5.74, 6) is -0.212. The lowest BCUT2D eigenvalue weighted by Gasteiger charge is -2.47. The Bertz CT molecular complexity index is 1020. The molecule has 31 heavy (non-hydrogen) atoms. The van der Waals surface area contributed by atoms with Crippen LogP contribution in [-0.4, -0.2) is 43.6 Å². The highest BCUT2D eigenvalue weighted by atomic mass is 35.6. The average Bonchev–Trinajstić information content (AvgIpc) is 2.71. The lowest BCUT2D eigenvalue weighted by atomic mass is 9.83. The zero-order chi connectivity index (χ0) is 22.3. The number of benzene rings is 1. The Kier molecular flexibility index (Phi) is 6.22. The van der Waals surface area contributed by atoms with Crippen molar-refractivity contribution in [2.75, 3.05) is 18.3 Å². The molecule has 1 aromatic carbocycles. The van der Waals surface area contributed by atoms with Gasteiger partial charge in [-0.05, 0) is 42.7 Å². The number of likely N-dealkylation sites (tertiary alicyclic amines) is 1. The van der Waals surface area contributed by atoms with Crippen LogP contribution in [0.4, 0.5) is 5.69 Å². The number of aromatic nitrogens is 1. The highest BCUT2D eigenvalue weighted by molar-refractivity contribution is 6.68. The molecule has 166 valence electrons. The van der Waals surface area contributed by atoms with Crippen LogP contribution in [-0.2, 0) is 6.54 Å². The number of amides is 1. The predicted molar refractivity (Wildman–Crippen MR) is 119 cm³/mol. The first-order valence-corrected chi connectivity index (χ1v) is 10.8. The normalized spacial score (nSPS) is 21.8. The van der Waals surface area contributed by atoms with Crippen molar-refractivity contribution in [3.8, 4) is 0 Å². The Morgan fingerprint density at radius 2 is 1.87 bits per heavy atom. The molecule has 2 aliphatic rings. The number of halogens is 3. The minimum atomic E-state index is -1.80. The average molecular weight is 487 g/mol. The number of carbonyl (C=O) groups excluding carboxylic acids is 1. The van der Waals surface area contributed by atoms with Crippen LogP contribution >= 0.6 is 34.8 Å². The number of rotatable bonds is 4. The highest BCUT2D eigenvalue weighted by Gasteiger charge is 2.44. The van der Waals surface area contributed by atoms with E-state index in [0.717, 1.165) is 12.1 Å². The molecule has 2 aromatic rings.